The van der Waals surface area contributed by atoms with Crippen molar-refractivity contribution in [3.8, 4) is 11.5 Å². The summed E-state index contributed by atoms with van der Waals surface area (Å²) in [6.07, 6.45) is 12.7. The Hall–Kier alpha value is -3.29. The van der Waals surface area contributed by atoms with Crippen molar-refractivity contribution in [2.45, 2.75) is 58.0 Å². The Morgan fingerprint density at radius 1 is 1.15 bits per heavy atom. The molecule has 1 saturated heterocycles. The maximum absolute atomic E-state index is 12.8. The summed E-state index contributed by atoms with van der Waals surface area (Å²) in [6, 6.07) is 2.50. The number of aromatic hydroxyl groups is 2. The smallest absolute Gasteiger partial charge is 0.342 e. The molecule has 0 aromatic heterocycles. The van der Waals surface area contributed by atoms with Gasteiger partial charge in [0.2, 0.25) is 0 Å². The van der Waals surface area contributed by atoms with Crippen LogP contribution in [0, 0.1) is 0 Å². The minimum Gasteiger partial charge on any atom is -0.508 e. The van der Waals surface area contributed by atoms with Gasteiger partial charge in [0.05, 0.1) is 5.71 Å². The average Bonchev–Trinajstić information content (AvgIpc) is 2.77. The summed E-state index contributed by atoms with van der Waals surface area (Å²) in [7, 11) is 0. The van der Waals surface area contributed by atoms with Crippen LogP contribution >= 0.6 is 0 Å². The number of nitrogens with zero attached hydrogens (tertiary/aromatic N) is 2. The molecule has 2 aliphatic heterocycles. The van der Waals surface area contributed by atoms with E-state index in [9.17, 15) is 19.8 Å². The zero-order valence-corrected chi connectivity index (χ0v) is 19.0. The molecular formula is C25H32N2O6. The fraction of sp³-hybridized carbons (Fsp3) is 0.480. The van der Waals surface area contributed by atoms with Gasteiger partial charge in [0.25, 0.3) is 5.91 Å². The molecule has 1 aromatic rings. The fourth-order valence-electron chi connectivity index (χ4n) is 3.87. The Labute approximate surface area is 194 Å². The van der Waals surface area contributed by atoms with Gasteiger partial charge in [-0.2, -0.15) is 0 Å². The highest BCUT2D eigenvalue weighted by atomic mass is 16.6. The summed E-state index contributed by atoms with van der Waals surface area (Å²) in [5, 5.41) is 24.5. The molecule has 0 saturated carbocycles. The summed E-state index contributed by atoms with van der Waals surface area (Å²) >= 11 is 0. The highest BCUT2D eigenvalue weighted by Crippen LogP contribution is 2.29. The highest BCUT2D eigenvalue weighted by Gasteiger charge is 2.22. The number of ether oxygens (including phenoxy) is 1. The van der Waals surface area contributed by atoms with E-state index in [1.807, 2.05) is 18.2 Å². The number of phenols is 2. The van der Waals surface area contributed by atoms with Crippen LogP contribution in [0.2, 0.25) is 0 Å². The van der Waals surface area contributed by atoms with Crippen molar-refractivity contribution in [3.63, 3.8) is 0 Å². The molecule has 178 valence electrons. The first-order valence-corrected chi connectivity index (χ1v) is 11.5. The molecule has 0 spiro atoms. The zero-order valence-electron chi connectivity index (χ0n) is 19.0. The normalized spacial score (nSPS) is 21.2. The van der Waals surface area contributed by atoms with Gasteiger partial charge in [-0.3, -0.25) is 4.79 Å². The molecule has 8 nitrogen and oxygen atoms in total. The lowest BCUT2D eigenvalue weighted by molar-refractivity contribution is -0.137. The molecule has 2 heterocycles. The number of esters is 1. The van der Waals surface area contributed by atoms with Crippen molar-refractivity contribution in [3.05, 3.63) is 47.6 Å². The molecule has 1 amide bonds. The summed E-state index contributed by atoms with van der Waals surface area (Å²) in [4.78, 5) is 32.3. The van der Waals surface area contributed by atoms with Crippen LogP contribution in [0.3, 0.4) is 0 Å². The van der Waals surface area contributed by atoms with Crippen molar-refractivity contribution < 1.29 is 29.4 Å². The topological polar surface area (TPSA) is 109 Å². The summed E-state index contributed by atoms with van der Waals surface area (Å²) in [5.74, 6) is -1.33. The number of oxime groups is 1. The van der Waals surface area contributed by atoms with E-state index in [0.29, 0.717) is 17.7 Å². The third kappa shape index (κ3) is 7.37. The number of cyclic esters (lactones) is 1. The first kappa shape index (κ1) is 24.4. The SMILES string of the molecule is C[C@@H]1CC=CCCC=CC(=NOCC(=O)N2CCCCC2)Cc2cc(O)cc(O)c2C(=O)O1. The number of carbonyl (C=O) groups is 2. The van der Waals surface area contributed by atoms with Crippen LogP contribution in [0.25, 0.3) is 0 Å². The molecule has 33 heavy (non-hydrogen) atoms. The van der Waals surface area contributed by atoms with E-state index in [0.717, 1.165) is 51.3 Å². The zero-order chi connectivity index (χ0) is 23.6. The highest BCUT2D eigenvalue weighted by molar-refractivity contribution is 6.00. The number of fused-ring (bicyclic) bond motifs is 1. The van der Waals surface area contributed by atoms with Crippen LogP contribution in [-0.2, 0) is 20.8 Å². The standard InChI is InChI=1S/C25H32N2O6/c1-18-10-6-3-2-4-7-11-20(26-32-17-23(30)27-12-8-5-9-13-27)14-19-15-21(28)16-22(29)24(19)25(31)33-18/h3,6-7,11,15-16,18,28-29H,2,4-5,8-10,12-14,17H2,1H3/t18-/m1/s1. The minimum atomic E-state index is -0.676. The molecule has 1 atom stereocenters. The number of hydrogen-bond acceptors (Lipinski definition) is 7. The third-order valence-electron chi connectivity index (χ3n) is 5.59. The van der Waals surface area contributed by atoms with Gasteiger partial charge in [-0.15, -0.1) is 0 Å². The maximum Gasteiger partial charge on any atom is 0.342 e. The van der Waals surface area contributed by atoms with E-state index < -0.39 is 5.97 Å². The Morgan fingerprint density at radius 3 is 2.70 bits per heavy atom. The van der Waals surface area contributed by atoms with Gasteiger partial charge in [-0.1, -0.05) is 23.4 Å². The maximum atomic E-state index is 12.8. The number of rotatable bonds is 3. The van der Waals surface area contributed by atoms with E-state index in [4.69, 9.17) is 9.57 Å². The Balaban J connectivity index is 1.83. The second kappa shape index (κ2) is 12.1. The summed E-state index contributed by atoms with van der Waals surface area (Å²) in [5.41, 5.74) is 0.785. The van der Waals surface area contributed by atoms with Crippen molar-refractivity contribution in [2.24, 2.45) is 5.16 Å². The predicted molar refractivity (Wildman–Crippen MR) is 124 cm³/mol. The van der Waals surface area contributed by atoms with Crippen LogP contribution in [0.1, 0.15) is 61.4 Å². The van der Waals surface area contributed by atoms with Gasteiger partial charge < -0.3 is 24.7 Å². The number of piperidine rings is 1. The molecular weight excluding hydrogens is 424 g/mol. The van der Waals surface area contributed by atoms with Crippen molar-refractivity contribution in [1.82, 2.24) is 4.90 Å². The van der Waals surface area contributed by atoms with Crippen molar-refractivity contribution in [2.75, 3.05) is 19.7 Å². The number of carbonyl (C=O) groups excluding carboxylic acids is 2. The molecule has 2 aliphatic rings. The third-order valence-corrected chi connectivity index (χ3v) is 5.59. The number of amides is 1. The van der Waals surface area contributed by atoms with Crippen LogP contribution in [0.4, 0.5) is 0 Å². The van der Waals surface area contributed by atoms with E-state index in [-0.39, 0.29) is 42.1 Å². The van der Waals surface area contributed by atoms with E-state index >= 15 is 0 Å². The second-order valence-corrected chi connectivity index (χ2v) is 8.38. The Morgan fingerprint density at radius 2 is 1.91 bits per heavy atom. The van der Waals surface area contributed by atoms with Crippen LogP contribution in [0.15, 0.2) is 41.6 Å². The quantitative estimate of drug-likeness (QED) is 0.406. The van der Waals surface area contributed by atoms with Crippen molar-refractivity contribution >= 4 is 17.6 Å². The van der Waals surface area contributed by atoms with E-state index in [2.05, 4.69) is 5.16 Å². The van der Waals surface area contributed by atoms with Crippen LogP contribution in [0.5, 0.6) is 11.5 Å². The minimum absolute atomic E-state index is 0.0221. The van der Waals surface area contributed by atoms with Crippen LogP contribution < -0.4 is 0 Å². The summed E-state index contributed by atoms with van der Waals surface area (Å²) < 4.78 is 5.49. The van der Waals surface area contributed by atoms with E-state index in [1.165, 1.54) is 6.07 Å². The molecule has 0 radical (unpaired) electrons. The number of phenolic OH excluding ortho intramolecular Hbond substituents is 2. The van der Waals surface area contributed by atoms with Gasteiger partial charge >= 0.3 is 5.97 Å². The molecule has 1 fully saturated rings. The lowest BCUT2D eigenvalue weighted by Crippen LogP contribution is -2.37. The predicted octanol–water partition coefficient (Wildman–Crippen LogP) is 3.87. The number of benzene rings is 1. The molecule has 0 aliphatic carbocycles. The molecule has 0 bridgehead atoms. The lowest BCUT2D eigenvalue weighted by atomic mass is 9.99. The van der Waals surface area contributed by atoms with Gasteiger partial charge in [-0.05, 0) is 56.7 Å². The van der Waals surface area contributed by atoms with Gasteiger partial charge in [0.15, 0.2) is 6.61 Å². The van der Waals surface area contributed by atoms with Crippen LogP contribution in [-0.4, -0.2) is 58.5 Å². The Bertz CT molecular complexity index is 931. The molecule has 3 rings (SSSR count). The van der Waals surface area contributed by atoms with Crippen molar-refractivity contribution in [1.29, 1.82) is 0 Å². The van der Waals surface area contributed by atoms with E-state index in [1.54, 1.807) is 17.9 Å². The molecule has 0 unspecified atom stereocenters. The number of hydrogen-bond donors (Lipinski definition) is 2. The first-order valence-electron chi connectivity index (χ1n) is 11.5. The van der Waals surface area contributed by atoms with Gasteiger partial charge in [-0.25, -0.2) is 4.79 Å². The fourth-order valence-corrected chi connectivity index (χ4v) is 3.87. The number of allylic oxidation sites excluding steroid dienone is 3. The molecule has 8 heteroatoms. The van der Waals surface area contributed by atoms with Gasteiger partial charge in [0.1, 0.15) is 23.2 Å². The molecule has 1 aromatic carbocycles. The largest absolute Gasteiger partial charge is 0.508 e. The summed E-state index contributed by atoms with van der Waals surface area (Å²) in [6.45, 7) is 3.08. The first-order chi connectivity index (χ1) is 15.9. The van der Waals surface area contributed by atoms with Gasteiger partial charge in [0, 0.05) is 32.0 Å². The monoisotopic (exact) mass is 456 g/mol. The average molecular weight is 457 g/mol. The number of likely N-dealkylation sites (tertiary alicyclic amines) is 1. The Kier molecular flexibility index (Phi) is 8.92. The molecule has 2 N–H and O–H groups in total. The lowest BCUT2D eigenvalue weighted by Gasteiger charge is -2.26. The second-order valence-electron chi connectivity index (χ2n) is 8.38.